The van der Waals surface area contributed by atoms with Crippen LogP contribution >= 0.6 is 0 Å². The zero-order valence-corrected chi connectivity index (χ0v) is 38.1. The molecule has 2 aliphatic carbocycles. The van der Waals surface area contributed by atoms with Gasteiger partial charge in [0.05, 0.1) is 55.3 Å². The normalized spacial score (nSPS) is 24.5. The van der Waals surface area contributed by atoms with Crippen LogP contribution in [0.4, 0.5) is 0 Å². The number of ether oxygens (including phenoxy) is 4. The van der Waals surface area contributed by atoms with Gasteiger partial charge in [0, 0.05) is 19.8 Å². The molecule has 0 aromatic heterocycles. The molecule has 4 aliphatic rings. The van der Waals surface area contributed by atoms with E-state index in [2.05, 4.69) is 71.2 Å². The number of methoxy groups -OCH3 is 2. The van der Waals surface area contributed by atoms with Gasteiger partial charge in [0.2, 0.25) is 0 Å². The van der Waals surface area contributed by atoms with Crippen molar-refractivity contribution in [2.75, 3.05) is 40.6 Å². The minimum Gasteiger partial charge on any atom is -0.870 e. The molecule has 2 amide bonds. The summed E-state index contributed by atoms with van der Waals surface area (Å²) in [6.07, 6.45) is 7.25. The van der Waals surface area contributed by atoms with Gasteiger partial charge in [-0.05, 0) is 175 Å². The van der Waals surface area contributed by atoms with E-state index in [-0.39, 0.29) is 70.4 Å². The average molecular weight is 785 g/mol. The van der Waals surface area contributed by atoms with E-state index in [1.165, 1.54) is 39.0 Å². The van der Waals surface area contributed by atoms with Crippen molar-refractivity contribution in [3.8, 4) is 0 Å². The Bertz CT molecular complexity index is 1690. The smallest absolute Gasteiger partial charge is 0.870 e. The van der Waals surface area contributed by atoms with E-state index < -0.39 is 5.54 Å². The number of benzene rings is 2. The molecule has 11 heteroatoms. The first kappa shape index (κ1) is 47.8. The molecular weight excluding hydrogens is 719 g/mol. The number of carbonyl (C=O) groups excluding carboxylic acids is 2. The monoisotopic (exact) mass is 784 g/mol. The molecule has 0 unspecified atom stereocenters. The van der Waals surface area contributed by atoms with Crippen molar-refractivity contribution in [1.29, 1.82) is 0 Å². The maximum Gasteiger partial charge on any atom is 1.00 e. The van der Waals surface area contributed by atoms with E-state index in [9.17, 15) is 14.7 Å². The first-order valence-corrected chi connectivity index (χ1v) is 19.8. The summed E-state index contributed by atoms with van der Waals surface area (Å²) in [5.41, 5.74) is 13.2. The predicted molar refractivity (Wildman–Crippen MR) is 217 cm³/mol. The largest absolute Gasteiger partial charge is 1.00 e. The summed E-state index contributed by atoms with van der Waals surface area (Å²) < 4.78 is 21.8. The molecule has 304 valence electrons. The molecule has 10 nitrogen and oxygen atoms in total. The summed E-state index contributed by atoms with van der Waals surface area (Å²) in [4.78, 5) is 25.9. The van der Waals surface area contributed by atoms with Gasteiger partial charge < -0.3 is 40.2 Å². The van der Waals surface area contributed by atoms with Crippen molar-refractivity contribution in [2.45, 2.75) is 137 Å². The minimum atomic E-state index is -0.648. The van der Waals surface area contributed by atoms with Crippen molar-refractivity contribution in [3.63, 3.8) is 0 Å². The van der Waals surface area contributed by atoms with Crippen molar-refractivity contribution >= 4 is 23.0 Å². The number of hydrogen-bond donors (Lipinski definition) is 3. The zero-order chi connectivity index (χ0) is 39.5. The van der Waals surface area contributed by atoms with Crippen LogP contribution in [0.25, 0.3) is 11.1 Å². The molecule has 2 saturated carbocycles. The molecule has 0 atom stereocenters. The quantitative estimate of drug-likeness (QED) is 0.233. The van der Waals surface area contributed by atoms with E-state index in [4.69, 9.17) is 18.9 Å². The van der Waals surface area contributed by atoms with E-state index in [1.54, 1.807) is 14.2 Å². The van der Waals surface area contributed by atoms with E-state index in [0.29, 0.717) is 44.8 Å². The van der Waals surface area contributed by atoms with Gasteiger partial charge >= 0.3 is 29.6 Å². The molecule has 0 bridgehead atoms. The van der Waals surface area contributed by atoms with Gasteiger partial charge in [0.25, 0.3) is 11.8 Å². The number of hydrogen-bond acceptors (Lipinski definition) is 8. The van der Waals surface area contributed by atoms with Crippen molar-refractivity contribution in [1.82, 2.24) is 10.6 Å². The van der Waals surface area contributed by atoms with Gasteiger partial charge in [0.1, 0.15) is 5.76 Å². The molecule has 4 N–H and O–H groups in total. The maximum atomic E-state index is 13.0. The summed E-state index contributed by atoms with van der Waals surface area (Å²) in [7, 11) is 3.36. The number of aliphatic hydroxyl groups excluding tert-OH is 1. The number of aryl methyl sites for hydroxylation is 4. The fraction of sp³-hybridized carbons (Fsp3) is 0.600. The molecule has 0 saturated heterocycles. The average Bonchev–Trinajstić information content (AvgIpc) is 3.51. The molecule has 56 heavy (non-hydrogen) atoms. The third kappa shape index (κ3) is 9.50. The van der Waals surface area contributed by atoms with E-state index in [0.717, 1.165) is 66.4 Å². The molecule has 2 aliphatic heterocycles. The van der Waals surface area contributed by atoms with Crippen molar-refractivity contribution in [2.24, 2.45) is 0 Å². The van der Waals surface area contributed by atoms with E-state index >= 15 is 0 Å². The van der Waals surface area contributed by atoms with Gasteiger partial charge in [-0.15, -0.1) is 0 Å². The molecule has 2 aromatic carbocycles. The standard InChI is InChI=1S/C23H33NO3.C22H31NO4.Na.H2O/c1-14-13-15(2)20(17(4)16(14)3)21-18(5)23(24-22(21)25)9-7-19(8-10-23)27-12-11-26-6;1-13-12-14(2)18(16(4)15(13)3)19-20(24)22(23-21(19)25)8-6-17(7-9-22)27-11-10-26-5;;/h13,19H,7-12H2,1-6H3,(H,24,25);12,17,24H,6-11H2,1-5H3,(H,23,25);;1H2/q;;+1;/p-1. The minimum absolute atomic E-state index is 0. The first-order valence-electron chi connectivity index (χ1n) is 19.8. The Balaban J connectivity index is 0.000000290. The Morgan fingerprint density at radius 3 is 1.39 bits per heavy atom. The number of rotatable bonds is 10. The molecule has 2 spiro atoms. The van der Waals surface area contributed by atoms with Crippen LogP contribution in [0.3, 0.4) is 0 Å². The van der Waals surface area contributed by atoms with Crippen molar-refractivity contribution in [3.05, 3.63) is 79.1 Å². The molecular formula is C45H65N2NaO8. The number of aliphatic hydroxyl groups is 1. The molecule has 2 aromatic rings. The van der Waals surface area contributed by atoms with Gasteiger partial charge in [-0.1, -0.05) is 12.1 Å². The van der Waals surface area contributed by atoms with E-state index in [1.807, 2.05) is 13.8 Å². The van der Waals surface area contributed by atoms with Crippen LogP contribution in [0, 0.1) is 55.4 Å². The number of nitrogens with one attached hydrogen (secondary N) is 2. The topological polar surface area (TPSA) is 145 Å². The van der Waals surface area contributed by atoms with Crippen LogP contribution in [-0.2, 0) is 28.5 Å². The second kappa shape index (κ2) is 19.9. The number of carbonyl (C=O) groups is 2. The Hall–Kier alpha value is -2.54. The van der Waals surface area contributed by atoms with Crippen LogP contribution in [0.15, 0.2) is 23.5 Å². The summed E-state index contributed by atoms with van der Waals surface area (Å²) in [6, 6.07) is 4.30. The van der Waals surface area contributed by atoms with Crippen LogP contribution in [0.2, 0.25) is 0 Å². The third-order valence-corrected chi connectivity index (χ3v) is 13.0. The van der Waals surface area contributed by atoms with Crippen LogP contribution in [0.5, 0.6) is 0 Å². The molecule has 0 radical (unpaired) electrons. The van der Waals surface area contributed by atoms with Gasteiger partial charge in [-0.2, -0.15) is 0 Å². The SMILES string of the molecule is COCCOC1CCC2(CC1)NC(=O)C(c1c(C)cc(C)c(C)c1C)=C2C.COCCOC1CCC2(CC1)NC(=O)C(c1c(C)cc(C)c(C)c1C)=C2O.[Na+].[OH-]. The first-order chi connectivity index (χ1) is 25.6. The van der Waals surface area contributed by atoms with Gasteiger partial charge in [-0.3, -0.25) is 9.59 Å². The molecule has 2 fully saturated rings. The van der Waals surface area contributed by atoms with Crippen LogP contribution < -0.4 is 40.2 Å². The van der Waals surface area contributed by atoms with Gasteiger partial charge in [0.15, 0.2) is 0 Å². The Labute approximate surface area is 357 Å². The molecule has 6 rings (SSSR count). The second-order valence-electron chi connectivity index (χ2n) is 16.2. The summed E-state index contributed by atoms with van der Waals surface area (Å²) in [5, 5.41) is 17.6. The van der Waals surface area contributed by atoms with Crippen LogP contribution in [0.1, 0.15) is 114 Å². The van der Waals surface area contributed by atoms with Crippen molar-refractivity contribution < 1.29 is 68.7 Å². The zero-order valence-electron chi connectivity index (χ0n) is 36.1. The summed E-state index contributed by atoms with van der Waals surface area (Å²) in [5.74, 6) is 0.124. The Morgan fingerprint density at radius 1 is 0.589 bits per heavy atom. The predicted octanol–water partition coefficient (Wildman–Crippen LogP) is 4.66. The Morgan fingerprint density at radius 2 is 0.964 bits per heavy atom. The fourth-order valence-electron chi connectivity index (χ4n) is 9.30. The number of amides is 2. The Kier molecular flexibility index (Phi) is 17.0. The molecule has 2 heterocycles. The maximum absolute atomic E-state index is 13.0. The fourth-order valence-corrected chi connectivity index (χ4v) is 9.30. The summed E-state index contributed by atoms with van der Waals surface area (Å²) >= 11 is 0. The summed E-state index contributed by atoms with van der Waals surface area (Å²) in [6.45, 7) is 21.3. The van der Waals surface area contributed by atoms with Gasteiger partial charge in [-0.25, -0.2) is 0 Å². The van der Waals surface area contributed by atoms with Crippen LogP contribution in [-0.4, -0.2) is 86.3 Å². The second-order valence-corrected chi connectivity index (χ2v) is 16.2. The third-order valence-electron chi connectivity index (χ3n) is 13.0.